The zero-order valence-electron chi connectivity index (χ0n) is 11.0. The third kappa shape index (κ3) is 2.96. The van der Waals surface area contributed by atoms with E-state index in [4.69, 9.17) is 11.6 Å². The molecule has 1 aliphatic heterocycles. The predicted octanol–water partition coefficient (Wildman–Crippen LogP) is 2.14. The molecule has 1 aromatic carbocycles. The highest BCUT2D eigenvalue weighted by atomic mass is 35.5. The number of likely N-dealkylation sites (N-methyl/N-ethyl adjacent to an activating group) is 1. The molecular weight excluding hydrogens is 264 g/mol. The first kappa shape index (κ1) is 14.0. The Morgan fingerprint density at radius 1 is 1.37 bits per heavy atom. The summed E-state index contributed by atoms with van der Waals surface area (Å²) in [6, 6.07) is 7.18. The minimum Gasteiger partial charge on any atom is -0.299 e. The van der Waals surface area contributed by atoms with Crippen molar-refractivity contribution in [3.05, 3.63) is 34.9 Å². The standard InChI is InChI=1S/C14H17ClN2O2/c1-9(10-5-3-4-6-11(10)15)16-12-7-8-13(18)17(2)14(12)19/h3-6,9,12,16H,7-8H2,1-2H3. The van der Waals surface area contributed by atoms with E-state index in [9.17, 15) is 9.59 Å². The van der Waals surface area contributed by atoms with E-state index in [1.807, 2.05) is 31.2 Å². The molecule has 1 heterocycles. The van der Waals surface area contributed by atoms with Gasteiger partial charge in [0.25, 0.3) is 0 Å². The maximum absolute atomic E-state index is 12.0. The van der Waals surface area contributed by atoms with Gasteiger partial charge in [-0.2, -0.15) is 0 Å². The first-order chi connectivity index (χ1) is 9.00. The first-order valence-electron chi connectivity index (χ1n) is 6.31. The SMILES string of the molecule is CC(NC1CCC(=O)N(C)C1=O)c1ccccc1Cl. The molecule has 1 fully saturated rings. The zero-order chi connectivity index (χ0) is 14.0. The summed E-state index contributed by atoms with van der Waals surface area (Å²) >= 11 is 6.14. The van der Waals surface area contributed by atoms with Gasteiger partial charge in [0.2, 0.25) is 11.8 Å². The molecule has 1 saturated heterocycles. The van der Waals surface area contributed by atoms with Crippen LogP contribution < -0.4 is 5.32 Å². The number of halogens is 1. The number of carbonyl (C=O) groups excluding carboxylic acids is 2. The van der Waals surface area contributed by atoms with Gasteiger partial charge in [-0.1, -0.05) is 29.8 Å². The number of carbonyl (C=O) groups is 2. The third-order valence-electron chi connectivity index (χ3n) is 3.47. The molecule has 1 aliphatic rings. The molecule has 0 aliphatic carbocycles. The van der Waals surface area contributed by atoms with Crippen LogP contribution in [0.4, 0.5) is 0 Å². The van der Waals surface area contributed by atoms with Gasteiger partial charge >= 0.3 is 0 Å². The Hall–Kier alpha value is -1.39. The second-order valence-corrected chi connectivity index (χ2v) is 5.20. The fraction of sp³-hybridized carbons (Fsp3) is 0.429. The molecule has 0 radical (unpaired) electrons. The number of amides is 2. The summed E-state index contributed by atoms with van der Waals surface area (Å²) in [6.45, 7) is 1.96. The number of likely N-dealkylation sites (tertiary alicyclic amines) is 1. The molecule has 0 bridgehead atoms. The maximum atomic E-state index is 12.0. The summed E-state index contributed by atoms with van der Waals surface area (Å²) in [5.41, 5.74) is 0.955. The van der Waals surface area contributed by atoms with Gasteiger partial charge in [-0.3, -0.25) is 19.8 Å². The van der Waals surface area contributed by atoms with Crippen molar-refractivity contribution < 1.29 is 9.59 Å². The van der Waals surface area contributed by atoms with Crippen LogP contribution in [0.15, 0.2) is 24.3 Å². The maximum Gasteiger partial charge on any atom is 0.246 e. The summed E-state index contributed by atoms with van der Waals surface area (Å²) in [6.07, 6.45) is 0.936. The topological polar surface area (TPSA) is 49.4 Å². The van der Waals surface area contributed by atoms with Crippen LogP contribution in [0.3, 0.4) is 0 Å². The van der Waals surface area contributed by atoms with Crippen LogP contribution in [0.25, 0.3) is 0 Å². The van der Waals surface area contributed by atoms with Crippen LogP contribution in [0.2, 0.25) is 5.02 Å². The molecular formula is C14H17ClN2O2. The highest BCUT2D eigenvalue weighted by Crippen LogP contribution is 2.24. The average molecular weight is 281 g/mol. The molecule has 1 aromatic rings. The largest absolute Gasteiger partial charge is 0.299 e. The molecule has 102 valence electrons. The highest BCUT2D eigenvalue weighted by molar-refractivity contribution is 6.31. The molecule has 1 N–H and O–H groups in total. The molecule has 0 saturated carbocycles. The number of imide groups is 1. The molecule has 2 atom stereocenters. The van der Waals surface area contributed by atoms with E-state index in [1.54, 1.807) is 0 Å². The van der Waals surface area contributed by atoms with Crippen molar-refractivity contribution >= 4 is 23.4 Å². The van der Waals surface area contributed by atoms with Crippen molar-refractivity contribution in [3.63, 3.8) is 0 Å². The van der Waals surface area contributed by atoms with Gasteiger partial charge in [-0.05, 0) is 25.0 Å². The van der Waals surface area contributed by atoms with E-state index in [0.717, 1.165) is 5.56 Å². The fourth-order valence-electron chi connectivity index (χ4n) is 2.29. The van der Waals surface area contributed by atoms with Crippen molar-refractivity contribution in [1.29, 1.82) is 0 Å². The summed E-state index contributed by atoms with van der Waals surface area (Å²) in [5.74, 6) is -0.288. The molecule has 0 aromatic heterocycles. The molecule has 2 amide bonds. The minimum atomic E-state index is -0.325. The predicted molar refractivity (Wildman–Crippen MR) is 73.8 cm³/mol. The Kier molecular flexibility index (Phi) is 4.22. The van der Waals surface area contributed by atoms with Crippen molar-refractivity contribution in [2.75, 3.05) is 7.05 Å². The van der Waals surface area contributed by atoms with Crippen LogP contribution in [0.5, 0.6) is 0 Å². The van der Waals surface area contributed by atoms with E-state index in [1.165, 1.54) is 11.9 Å². The fourth-order valence-corrected chi connectivity index (χ4v) is 2.59. The second-order valence-electron chi connectivity index (χ2n) is 4.79. The number of benzene rings is 1. The van der Waals surface area contributed by atoms with Crippen LogP contribution in [-0.4, -0.2) is 29.8 Å². The van der Waals surface area contributed by atoms with Crippen LogP contribution in [0, 0.1) is 0 Å². The normalized spacial score (nSPS) is 21.6. The van der Waals surface area contributed by atoms with E-state index < -0.39 is 0 Å². The van der Waals surface area contributed by atoms with E-state index in [2.05, 4.69) is 5.32 Å². The lowest BCUT2D eigenvalue weighted by Crippen LogP contribution is -2.51. The van der Waals surface area contributed by atoms with Crippen LogP contribution >= 0.6 is 11.6 Å². The van der Waals surface area contributed by atoms with Gasteiger partial charge in [0.15, 0.2) is 0 Å². The van der Waals surface area contributed by atoms with Crippen LogP contribution in [0.1, 0.15) is 31.4 Å². The molecule has 4 nitrogen and oxygen atoms in total. The monoisotopic (exact) mass is 280 g/mol. The van der Waals surface area contributed by atoms with Gasteiger partial charge in [-0.25, -0.2) is 0 Å². The lowest BCUT2D eigenvalue weighted by molar-refractivity contribution is -0.148. The Morgan fingerprint density at radius 2 is 2.05 bits per heavy atom. The number of hydrogen-bond donors (Lipinski definition) is 1. The average Bonchev–Trinajstić information content (AvgIpc) is 2.40. The zero-order valence-corrected chi connectivity index (χ0v) is 11.8. The van der Waals surface area contributed by atoms with Crippen molar-refractivity contribution in [2.24, 2.45) is 0 Å². The van der Waals surface area contributed by atoms with Gasteiger partial charge in [-0.15, -0.1) is 0 Å². The minimum absolute atomic E-state index is 0.0377. The number of rotatable bonds is 3. The smallest absolute Gasteiger partial charge is 0.246 e. The van der Waals surface area contributed by atoms with Gasteiger partial charge in [0.1, 0.15) is 0 Å². The van der Waals surface area contributed by atoms with Gasteiger partial charge < -0.3 is 0 Å². The van der Waals surface area contributed by atoms with Crippen molar-refractivity contribution in [1.82, 2.24) is 10.2 Å². The number of piperidine rings is 1. The lowest BCUT2D eigenvalue weighted by atomic mass is 10.0. The third-order valence-corrected chi connectivity index (χ3v) is 3.82. The van der Waals surface area contributed by atoms with E-state index in [-0.39, 0.29) is 23.9 Å². The van der Waals surface area contributed by atoms with Crippen molar-refractivity contribution in [2.45, 2.75) is 31.8 Å². The molecule has 0 spiro atoms. The number of nitrogens with zero attached hydrogens (tertiary/aromatic N) is 1. The molecule has 2 rings (SSSR count). The van der Waals surface area contributed by atoms with E-state index in [0.29, 0.717) is 17.9 Å². The molecule has 5 heteroatoms. The summed E-state index contributed by atoms with van der Waals surface area (Å²) in [4.78, 5) is 24.6. The number of hydrogen-bond acceptors (Lipinski definition) is 3. The van der Waals surface area contributed by atoms with Gasteiger partial charge in [0.05, 0.1) is 6.04 Å². The Balaban J connectivity index is 2.07. The molecule has 2 unspecified atom stereocenters. The Bertz CT molecular complexity index is 504. The van der Waals surface area contributed by atoms with Gasteiger partial charge in [0, 0.05) is 24.5 Å². The second kappa shape index (κ2) is 5.72. The first-order valence-corrected chi connectivity index (χ1v) is 6.69. The molecule has 19 heavy (non-hydrogen) atoms. The summed E-state index contributed by atoms with van der Waals surface area (Å²) in [5, 5.41) is 3.92. The van der Waals surface area contributed by atoms with E-state index >= 15 is 0 Å². The van der Waals surface area contributed by atoms with Crippen LogP contribution in [-0.2, 0) is 9.59 Å². The Labute approximate surface area is 117 Å². The quantitative estimate of drug-likeness (QED) is 0.863. The highest BCUT2D eigenvalue weighted by Gasteiger charge is 2.32. The summed E-state index contributed by atoms with van der Waals surface area (Å²) < 4.78 is 0. The van der Waals surface area contributed by atoms with Crippen molar-refractivity contribution in [3.8, 4) is 0 Å². The summed E-state index contributed by atoms with van der Waals surface area (Å²) in [7, 11) is 1.53. The number of nitrogens with one attached hydrogen (secondary N) is 1. The Morgan fingerprint density at radius 3 is 2.74 bits per heavy atom. The lowest BCUT2D eigenvalue weighted by Gasteiger charge is -2.30.